The van der Waals surface area contributed by atoms with Crippen molar-refractivity contribution in [1.29, 1.82) is 0 Å². The van der Waals surface area contributed by atoms with Crippen molar-refractivity contribution in [2.75, 3.05) is 38.2 Å². The molecule has 0 radical (unpaired) electrons. The van der Waals surface area contributed by atoms with Crippen LogP contribution in [-0.4, -0.2) is 47.9 Å². The molecule has 1 N–H and O–H groups in total. The van der Waals surface area contributed by atoms with Gasteiger partial charge in [-0.05, 0) is 31.5 Å². The van der Waals surface area contributed by atoms with E-state index in [1.807, 2.05) is 30.5 Å². The minimum atomic E-state index is 0.850. The Bertz CT molecular complexity index is 894. The molecule has 3 heterocycles. The molecule has 0 aliphatic carbocycles. The Kier molecular flexibility index (Phi) is 4.05. The van der Waals surface area contributed by atoms with Gasteiger partial charge in [0.25, 0.3) is 0 Å². The largest absolute Gasteiger partial charge is 0.497 e. The molecule has 1 fully saturated rings. The number of methoxy groups -OCH3 is 1. The van der Waals surface area contributed by atoms with Crippen LogP contribution in [0.3, 0.4) is 0 Å². The summed E-state index contributed by atoms with van der Waals surface area (Å²) in [5, 5.41) is 8.21. The van der Waals surface area contributed by atoms with Crippen molar-refractivity contribution in [2.24, 2.45) is 0 Å². The number of benzene rings is 1. The second-order valence-electron chi connectivity index (χ2n) is 6.42. The Balaban J connectivity index is 1.87. The van der Waals surface area contributed by atoms with Crippen LogP contribution in [0.2, 0.25) is 0 Å². The lowest BCUT2D eigenvalue weighted by Crippen LogP contribution is -2.44. The van der Waals surface area contributed by atoms with Gasteiger partial charge in [-0.1, -0.05) is 12.1 Å². The average molecular weight is 337 g/mol. The highest BCUT2D eigenvalue weighted by Gasteiger charge is 2.20. The summed E-state index contributed by atoms with van der Waals surface area (Å²) in [7, 11) is 1.68. The Labute approximate surface area is 147 Å². The third-order valence-corrected chi connectivity index (χ3v) is 4.69. The highest BCUT2D eigenvalue weighted by molar-refractivity contribution is 5.81. The fourth-order valence-electron chi connectivity index (χ4n) is 3.44. The van der Waals surface area contributed by atoms with Gasteiger partial charge in [-0.3, -0.25) is 0 Å². The van der Waals surface area contributed by atoms with Crippen LogP contribution in [-0.2, 0) is 0 Å². The van der Waals surface area contributed by atoms with Gasteiger partial charge in [-0.2, -0.15) is 9.61 Å². The highest BCUT2D eigenvalue weighted by Crippen LogP contribution is 2.31. The summed E-state index contributed by atoms with van der Waals surface area (Å²) in [5.41, 5.74) is 5.10. The third-order valence-electron chi connectivity index (χ3n) is 4.69. The van der Waals surface area contributed by atoms with Gasteiger partial charge in [0.15, 0.2) is 5.65 Å². The van der Waals surface area contributed by atoms with Gasteiger partial charge in [0, 0.05) is 43.5 Å². The Morgan fingerprint density at radius 3 is 2.48 bits per heavy atom. The van der Waals surface area contributed by atoms with Crippen LogP contribution in [0.5, 0.6) is 5.75 Å². The molecule has 2 aromatic heterocycles. The number of ether oxygens (including phenoxy) is 1. The molecule has 0 bridgehead atoms. The fourth-order valence-corrected chi connectivity index (χ4v) is 3.44. The standard InChI is InChI=1S/C19H23N5O/c1-13-12-17(23-10-8-20-9-11-23)24-19(21-13)18(14(2)22-24)15-4-6-16(25-3)7-5-15/h4-7,12,20H,8-11H2,1-3H3. The predicted molar refractivity (Wildman–Crippen MR) is 99.5 cm³/mol. The Hall–Kier alpha value is -2.60. The molecule has 0 saturated carbocycles. The van der Waals surface area contributed by atoms with E-state index in [2.05, 4.69) is 28.4 Å². The summed E-state index contributed by atoms with van der Waals surface area (Å²) in [6.07, 6.45) is 0. The van der Waals surface area contributed by atoms with Gasteiger partial charge in [0.2, 0.25) is 0 Å². The lowest BCUT2D eigenvalue weighted by molar-refractivity contribution is 0.415. The first-order valence-electron chi connectivity index (χ1n) is 8.64. The maximum atomic E-state index is 5.27. The van der Waals surface area contributed by atoms with Crippen molar-refractivity contribution in [3.63, 3.8) is 0 Å². The zero-order valence-corrected chi connectivity index (χ0v) is 14.9. The summed E-state index contributed by atoms with van der Waals surface area (Å²) in [6, 6.07) is 10.2. The van der Waals surface area contributed by atoms with Crippen molar-refractivity contribution >= 4 is 11.5 Å². The molecule has 1 aliphatic heterocycles. The summed E-state index contributed by atoms with van der Waals surface area (Å²) in [5.74, 6) is 1.97. The minimum Gasteiger partial charge on any atom is -0.497 e. The molecule has 6 heteroatoms. The molecular formula is C19H23N5O. The van der Waals surface area contributed by atoms with Gasteiger partial charge in [0.05, 0.1) is 12.8 Å². The summed E-state index contributed by atoms with van der Waals surface area (Å²) < 4.78 is 7.27. The van der Waals surface area contributed by atoms with E-state index in [-0.39, 0.29) is 0 Å². The first-order chi connectivity index (χ1) is 12.2. The van der Waals surface area contributed by atoms with Gasteiger partial charge >= 0.3 is 0 Å². The SMILES string of the molecule is COc1ccc(-c2c(C)nn3c(N4CCNCC4)cc(C)nc23)cc1. The number of hydrogen-bond donors (Lipinski definition) is 1. The minimum absolute atomic E-state index is 0.850. The normalized spacial score (nSPS) is 14.9. The topological polar surface area (TPSA) is 54.7 Å². The zero-order chi connectivity index (χ0) is 17.4. The monoisotopic (exact) mass is 337 g/mol. The Morgan fingerprint density at radius 1 is 1.08 bits per heavy atom. The number of aromatic nitrogens is 3. The van der Waals surface area contributed by atoms with Gasteiger partial charge in [-0.25, -0.2) is 4.98 Å². The predicted octanol–water partition coefficient (Wildman–Crippen LogP) is 2.43. The van der Waals surface area contributed by atoms with E-state index < -0.39 is 0 Å². The molecule has 4 rings (SSSR count). The van der Waals surface area contributed by atoms with Crippen LogP contribution < -0.4 is 15.0 Å². The van der Waals surface area contributed by atoms with E-state index in [9.17, 15) is 0 Å². The second-order valence-corrected chi connectivity index (χ2v) is 6.42. The first kappa shape index (κ1) is 15.9. The van der Waals surface area contributed by atoms with Crippen molar-refractivity contribution in [1.82, 2.24) is 19.9 Å². The average Bonchev–Trinajstić information content (AvgIpc) is 2.97. The lowest BCUT2D eigenvalue weighted by atomic mass is 10.1. The van der Waals surface area contributed by atoms with Gasteiger partial charge in [-0.15, -0.1) is 0 Å². The summed E-state index contributed by atoms with van der Waals surface area (Å²) in [4.78, 5) is 7.18. The third kappa shape index (κ3) is 2.82. The number of anilines is 1. The maximum absolute atomic E-state index is 5.27. The molecule has 0 amide bonds. The van der Waals surface area contributed by atoms with Crippen molar-refractivity contribution in [2.45, 2.75) is 13.8 Å². The molecule has 0 atom stereocenters. The molecule has 1 aliphatic rings. The van der Waals surface area contributed by atoms with E-state index in [4.69, 9.17) is 14.8 Å². The molecule has 3 aromatic rings. The molecule has 25 heavy (non-hydrogen) atoms. The quantitative estimate of drug-likeness (QED) is 0.795. The summed E-state index contributed by atoms with van der Waals surface area (Å²) >= 11 is 0. The number of aryl methyl sites for hydroxylation is 2. The van der Waals surface area contributed by atoms with Gasteiger partial charge in [0.1, 0.15) is 11.6 Å². The highest BCUT2D eigenvalue weighted by atomic mass is 16.5. The Morgan fingerprint density at radius 2 is 1.80 bits per heavy atom. The van der Waals surface area contributed by atoms with Crippen LogP contribution in [0.15, 0.2) is 30.3 Å². The van der Waals surface area contributed by atoms with Crippen LogP contribution in [0.1, 0.15) is 11.4 Å². The number of rotatable bonds is 3. The van der Waals surface area contributed by atoms with Crippen LogP contribution in [0, 0.1) is 13.8 Å². The number of piperazine rings is 1. The molecule has 1 saturated heterocycles. The van der Waals surface area contributed by atoms with E-state index >= 15 is 0 Å². The van der Waals surface area contributed by atoms with Crippen molar-refractivity contribution in [3.8, 4) is 16.9 Å². The first-order valence-corrected chi connectivity index (χ1v) is 8.64. The van der Waals surface area contributed by atoms with Crippen LogP contribution in [0.25, 0.3) is 16.8 Å². The van der Waals surface area contributed by atoms with Crippen molar-refractivity contribution in [3.05, 3.63) is 41.7 Å². The van der Waals surface area contributed by atoms with E-state index in [1.54, 1.807) is 7.11 Å². The zero-order valence-electron chi connectivity index (χ0n) is 14.9. The molecule has 0 unspecified atom stereocenters. The second kappa shape index (κ2) is 6.37. The smallest absolute Gasteiger partial charge is 0.165 e. The number of hydrogen-bond acceptors (Lipinski definition) is 5. The van der Waals surface area contributed by atoms with Crippen molar-refractivity contribution < 1.29 is 4.74 Å². The van der Waals surface area contributed by atoms with Crippen LogP contribution >= 0.6 is 0 Å². The number of nitrogens with zero attached hydrogens (tertiary/aromatic N) is 4. The number of fused-ring (bicyclic) bond motifs is 1. The molecule has 0 spiro atoms. The van der Waals surface area contributed by atoms with Crippen LogP contribution in [0.4, 0.5) is 5.82 Å². The fraction of sp³-hybridized carbons (Fsp3) is 0.368. The lowest BCUT2D eigenvalue weighted by Gasteiger charge is -2.29. The molecule has 6 nitrogen and oxygen atoms in total. The molecule has 1 aromatic carbocycles. The molecule has 130 valence electrons. The van der Waals surface area contributed by atoms with E-state index in [0.717, 1.165) is 65.9 Å². The van der Waals surface area contributed by atoms with E-state index in [0.29, 0.717) is 0 Å². The van der Waals surface area contributed by atoms with E-state index in [1.165, 1.54) is 0 Å². The van der Waals surface area contributed by atoms with Gasteiger partial charge < -0.3 is 15.0 Å². The molecular weight excluding hydrogens is 314 g/mol. The number of nitrogens with one attached hydrogen (secondary N) is 1. The maximum Gasteiger partial charge on any atom is 0.165 e. The summed E-state index contributed by atoms with van der Waals surface area (Å²) in [6.45, 7) is 8.05.